The van der Waals surface area contributed by atoms with Crippen LogP contribution >= 0.6 is 0 Å². The van der Waals surface area contributed by atoms with Crippen LogP contribution in [-0.2, 0) is 0 Å². The lowest BCUT2D eigenvalue weighted by Crippen LogP contribution is -2.10. The highest BCUT2D eigenvalue weighted by atomic mass is 16.4. The molecule has 0 atom stereocenters. The summed E-state index contributed by atoms with van der Waals surface area (Å²) in [5, 5.41) is 11.6. The number of hydrogen-bond donors (Lipinski definition) is 1. The molecule has 0 radical (unpaired) electrons. The highest BCUT2D eigenvalue weighted by Crippen LogP contribution is 2.37. The van der Waals surface area contributed by atoms with Crippen molar-refractivity contribution in [2.75, 3.05) is 4.90 Å². The predicted molar refractivity (Wildman–Crippen MR) is 141 cm³/mol. The predicted octanol–water partition coefficient (Wildman–Crippen LogP) is 8.29. The van der Waals surface area contributed by atoms with Crippen molar-refractivity contribution in [1.82, 2.24) is 0 Å². The van der Waals surface area contributed by atoms with Gasteiger partial charge in [0.15, 0.2) is 0 Å². The summed E-state index contributed by atoms with van der Waals surface area (Å²) in [6.45, 7) is 4.22. The molecule has 0 spiro atoms. The molecule has 0 saturated heterocycles. The molecular formula is C31H25NO2. The topological polar surface area (TPSA) is 40.5 Å². The van der Waals surface area contributed by atoms with Crippen LogP contribution in [0.4, 0.5) is 17.1 Å². The second-order valence-corrected chi connectivity index (χ2v) is 8.64. The molecule has 34 heavy (non-hydrogen) atoms. The van der Waals surface area contributed by atoms with E-state index in [1.165, 1.54) is 21.9 Å². The number of carboxylic acids is 1. The minimum atomic E-state index is -0.915. The SMILES string of the molecule is Cc1cccc(N(c2ccc(-c3ccc(C(=O)O)cc3)cc2)c2ccc3ccc(C)cc3c2)c1. The first kappa shape index (κ1) is 21.5. The summed E-state index contributed by atoms with van der Waals surface area (Å²) >= 11 is 0. The van der Waals surface area contributed by atoms with Gasteiger partial charge in [-0.25, -0.2) is 4.79 Å². The third-order valence-electron chi connectivity index (χ3n) is 6.09. The molecule has 0 aliphatic heterocycles. The van der Waals surface area contributed by atoms with Gasteiger partial charge in [0.2, 0.25) is 0 Å². The molecular weight excluding hydrogens is 418 g/mol. The first-order valence-electron chi connectivity index (χ1n) is 11.3. The zero-order chi connectivity index (χ0) is 23.7. The summed E-state index contributed by atoms with van der Waals surface area (Å²) in [4.78, 5) is 13.4. The van der Waals surface area contributed by atoms with Crippen molar-refractivity contribution in [3.63, 3.8) is 0 Å². The molecule has 5 aromatic rings. The van der Waals surface area contributed by atoms with Gasteiger partial charge in [0.25, 0.3) is 0 Å². The van der Waals surface area contributed by atoms with E-state index in [4.69, 9.17) is 5.11 Å². The summed E-state index contributed by atoms with van der Waals surface area (Å²) in [7, 11) is 0. The van der Waals surface area contributed by atoms with Crippen molar-refractivity contribution in [3.8, 4) is 11.1 Å². The zero-order valence-corrected chi connectivity index (χ0v) is 19.2. The molecule has 1 N–H and O–H groups in total. The number of aromatic carboxylic acids is 1. The van der Waals surface area contributed by atoms with E-state index in [1.807, 2.05) is 12.1 Å². The van der Waals surface area contributed by atoms with Gasteiger partial charge in [-0.2, -0.15) is 0 Å². The van der Waals surface area contributed by atoms with Crippen LogP contribution in [0.2, 0.25) is 0 Å². The maximum Gasteiger partial charge on any atom is 0.335 e. The van der Waals surface area contributed by atoms with Crippen LogP contribution in [0.15, 0.2) is 109 Å². The van der Waals surface area contributed by atoms with Gasteiger partial charge < -0.3 is 10.0 Å². The van der Waals surface area contributed by atoms with Gasteiger partial charge in [0.1, 0.15) is 0 Å². The molecule has 0 unspecified atom stereocenters. The Labute approximate surface area is 199 Å². The number of hydrogen-bond acceptors (Lipinski definition) is 2. The van der Waals surface area contributed by atoms with Gasteiger partial charge in [-0.1, -0.05) is 66.2 Å². The van der Waals surface area contributed by atoms with E-state index in [9.17, 15) is 4.79 Å². The van der Waals surface area contributed by atoms with E-state index in [2.05, 4.69) is 104 Å². The number of fused-ring (bicyclic) bond motifs is 1. The Morgan fingerprint density at radius 1 is 0.588 bits per heavy atom. The molecule has 5 aromatic carbocycles. The second kappa shape index (κ2) is 8.87. The highest BCUT2D eigenvalue weighted by Gasteiger charge is 2.14. The number of anilines is 3. The molecule has 0 aliphatic rings. The molecule has 3 heteroatoms. The number of aryl methyl sites for hydroxylation is 2. The molecule has 0 amide bonds. The number of nitrogens with zero attached hydrogens (tertiary/aromatic N) is 1. The normalized spacial score (nSPS) is 10.9. The minimum absolute atomic E-state index is 0.289. The average Bonchev–Trinajstić information content (AvgIpc) is 2.84. The van der Waals surface area contributed by atoms with Crippen LogP contribution < -0.4 is 4.90 Å². The summed E-state index contributed by atoms with van der Waals surface area (Å²) in [6.07, 6.45) is 0. The summed E-state index contributed by atoms with van der Waals surface area (Å²) in [6, 6.07) is 37.0. The molecule has 0 saturated carbocycles. The molecule has 0 heterocycles. The molecule has 5 rings (SSSR count). The molecule has 0 aliphatic carbocycles. The first-order chi connectivity index (χ1) is 16.5. The first-order valence-corrected chi connectivity index (χ1v) is 11.3. The standard InChI is InChI=1S/C31H25NO2/c1-21-4-3-5-29(19-21)32(30-17-14-25-7-6-22(2)18-27(25)20-30)28-15-12-24(13-16-28)23-8-10-26(11-9-23)31(33)34/h3-20H,1-2H3,(H,33,34). The number of rotatable bonds is 5. The van der Waals surface area contributed by atoms with Crippen molar-refractivity contribution in [2.45, 2.75) is 13.8 Å². The fourth-order valence-electron chi connectivity index (χ4n) is 4.32. The summed E-state index contributed by atoms with van der Waals surface area (Å²) < 4.78 is 0. The van der Waals surface area contributed by atoms with Crippen LogP contribution in [0.5, 0.6) is 0 Å². The largest absolute Gasteiger partial charge is 0.478 e. The van der Waals surface area contributed by atoms with E-state index >= 15 is 0 Å². The van der Waals surface area contributed by atoms with Gasteiger partial charge in [0, 0.05) is 17.1 Å². The van der Waals surface area contributed by atoms with Gasteiger partial charge in [-0.15, -0.1) is 0 Å². The molecule has 166 valence electrons. The average molecular weight is 444 g/mol. The van der Waals surface area contributed by atoms with Crippen LogP contribution in [-0.4, -0.2) is 11.1 Å². The Hall–Kier alpha value is -4.37. The Balaban J connectivity index is 1.57. The van der Waals surface area contributed by atoms with Crippen molar-refractivity contribution in [2.24, 2.45) is 0 Å². The Kier molecular flexibility index (Phi) is 5.60. The Bertz CT molecular complexity index is 1480. The second-order valence-electron chi connectivity index (χ2n) is 8.64. The summed E-state index contributed by atoms with van der Waals surface area (Å²) in [5.41, 5.74) is 8.02. The van der Waals surface area contributed by atoms with Crippen molar-refractivity contribution in [1.29, 1.82) is 0 Å². The molecule has 3 nitrogen and oxygen atoms in total. The molecule has 0 fully saturated rings. The van der Waals surface area contributed by atoms with Crippen LogP contribution in [0, 0.1) is 13.8 Å². The lowest BCUT2D eigenvalue weighted by Gasteiger charge is -2.26. The molecule has 0 aromatic heterocycles. The van der Waals surface area contributed by atoms with Crippen molar-refractivity contribution < 1.29 is 9.90 Å². The minimum Gasteiger partial charge on any atom is -0.478 e. The lowest BCUT2D eigenvalue weighted by atomic mass is 10.0. The van der Waals surface area contributed by atoms with Crippen LogP contribution in [0.1, 0.15) is 21.5 Å². The quantitative estimate of drug-likeness (QED) is 0.297. The van der Waals surface area contributed by atoms with E-state index in [1.54, 1.807) is 12.1 Å². The Morgan fingerprint density at radius 3 is 1.85 bits per heavy atom. The van der Waals surface area contributed by atoms with Gasteiger partial charge in [0.05, 0.1) is 5.56 Å². The maximum atomic E-state index is 11.2. The number of carboxylic acid groups (broad SMARTS) is 1. The van der Waals surface area contributed by atoms with Crippen LogP contribution in [0.3, 0.4) is 0 Å². The molecule has 0 bridgehead atoms. The van der Waals surface area contributed by atoms with Crippen molar-refractivity contribution in [3.05, 3.63) is 126 Å². The fraction of sp³-hybridized carbons (Fsp3) is 0.0645. The van der Waals surface area contributed by atoms with Crippen molar-refractivity contribution >= 4 is 33.8 Å². The highest BCUT2D eigenvalue weighted by molar-refractivity contribution is 5.90. The number of carbonyl (C=O) groups is 1. The monoisotopic (exact) mass is 443 g/mol. The smallest absolute Gasteiger partial charge is 0.335 e. The number of benzene rings is 5. The van der Waals surface area contributed by atoms with E-state index in [0.29, 0.717) is 0 Å². The fourth-order valence-corrected chi connectivity index (χ4v) is 4.32. The third-order valence-corrected chi connectivity index (χ3v) is 6.09. The Morgan fingerprint density at radius 2 is 1.18 bits per heavy atom. The van der Waals surface area contributed by atoms with Gasteiger partial charge >= 0.3 is 5.97 Å². The van der Waals surface area contributed by atoms with Crippen LogP contribution in [0.25, 0.3) is 21.9 Å². The third kappa shape index (κ3) is 4.28. The zero-order valence-electron chi connectivity index (χ0n) is 19.2. The van der Waals surface area contributed by atoms with Gasteiger partial charge in [-0.3, -0.25) is 0 Å². The summed E-state index contributed by atoms with van der Waals surface area (Å²) in [5.74, 6) is -0.915. The lowest BCUT2D eigenvalue weighted by molar-refractivity contribution is 0.0697. The van der Waals surface area contributed by atoms with E-state index in [0.717, 1.165) is 28.2 Å². The van der Waals surface area contributed by atoms with E-state index < -0.39 is 5.97 Å². The van der Waals surface area contributed by atoms with E-state index in [-0.39, 0.29) is 5.56 Å². The van der Waals surface area contributed by atoms with Gasteiger partial charge in [-0.05, 0) is 89.8 Å². The maximum absolute atomic E-state index is 11.2.